The predicted octanol–water partition coefficient (Wildman–Crippen LogP) is 1.48. The summed E-state index contributed by atoms with van der Waals surface area (Å²) in [5.74, 6) is 0. The van der Waals surface area contributed by atoms with E-state index in [9.17, 15) is 0 Å². The van der Waals surface area contributed by atoms with E-state index in [1.807, 2.05) is 24.1 Å². The highest BCUT2D eigenvalue weighted by molar-refractivity contribution is 9.10. The molecule has 2 aromatic heterocycles. The second-order valence-electron chi connectivity index (χ2n) is 4.11. The summed E-state index contributed by atoms with van der Waals surface area (Å²) in [5.41, 5.74) is 3.48. The number of aromatic nitrogens is 4. The summed E-state index contributed by atoms with van der Waals surface area (Å²) < 4.78 is 10.2. The number of hydrogen-bond acceptors (Lipinski definition) is 3. The molecule has 1 aliphatic heterocycles. The monoisotopic (exact) mass is 296 g/mol. The van der Waals surface area contributed by atoms with Gasteiger partial charge < -0.3 is 4.74 Å². The summed E-state index contributed by atoms with van der Waals surface area (Å²) in [4.78, 5) is 0. The summed E-state index contributed by atoms with van der Waals surface area (Å²) in [5, 5.41) is 8.73. The number of ether oxygens (including phenoxy) is 1. The molecule has 0 aliphatic carbocycles. The standard InChI is InChI=1S/C11H13BrN4O/c1-15-7-8(6-13-15)16-10-3-5-17-4-2-9(10)11(12)14-16/h6-7H,2-5H2,1H3. The molecule has 0 atom stereocenters. The van der Waals surface area contributed by atoms with E-state index in [-0.39, 0.29) is 0 Å². The van der Waals surface area contributed by atoms with Crippen molar-refractivity contribution in [3.63, 3.8) is 0 Å². The van der Waals surface area contributed by atoms with Crippen LogP contribution in [0.5, 0.6) is 0 Å². The summed E-state index contributed by atoms with van der Waals surface area (Å²) in [6.07, 6.45) is 5.59. The van der Waals surface area contributed by atoms with Crippen molar-refractivity contribution in [2.75, 3.05) is 13.2 Å². The average Bonchev–Trinajstić information content (AvgIpc) is 2.75. The summed E-state index contributed by atoms with van der Waals surface area (Å²) in [6, 6.07) is 0. The van der Waals surface area contributed by atoms with Gasteiger partial charge in [-0.1, -0.05) is 0 Å². The van der Waals surface area contributed by atoms with Gasteiger partial charge >= 0.3 is 0 Å². The minimum atomic E-state index is 0.755. The molecule has 0 bridgehead atoms. The molecule has 1 aliphatic rings. The summed E-state index contributed by atoms with van der Waals surface area (Å²) in [6.45, 7) is 1.52. The average molecular weight is 297 g/mol. The molecule has 0 aromatic carbocycles. The van der Waals surface area contributed by atoms with Crippen molar-refractivity contribution in [1.29, 1.82) is 0 Å². The summed E-state index contributed by atoms with van der Waals surface area (Å²) in [7, 11) is 1.91. The van der Waals surface area contributed by atoms with Gasteiger partial charge in [0.25, 0.3) is 0 Å². The van der Waals surface area contributed by atoms with Crippen molar-refractivity contribution in [1.82, 2.24) is 19.6 Å². The second-order valence-corrected chi connectivity index (χ2v) is 4.86. The Kier molecular flexibility index (Phi) is 2.76. The quantitative estimate of drug-likeness (QED) is 0.801. The van der Waals surface area contributed by atoms with E-state index >= 15 is 0 Å². The van der Waals surface area contributed by atoms with E-state index in [0.717, 1.165) is 36.3 Å². The molecule has 0 saturated carbocycles. The molecular formula is C11H13BrN4O. The molecule has 17 heavy (non-hydrogen) atoms. The maximum Gasteiger partial charge on any atom is 0.132 e. The van der Waals surface area contributed by atoms with Crippen LogP contribution in [0.1, 0.15) is 11.3 Å². The molecule has 90 valence electrons. The van der Waals surface area contributed by atoms with Crippen LogP contribution in [0.4, 0.5) is 0 Å². The fraction of sp³-hybridized carbons (Fsp3) is 0.455. The normalized spacial score (nSPS) is 15.6. The van der Waals surface area contributed by atoms with Crippen molar-refractivity contribution in [3.8, 4) is 5.69 Å². The van der Waals surface area contributed by atoms with E-state index in [1.54, 1.807) is 4.68 Å². The van der Waals surface area contributed by atoms with E-state index in [2.05, 4.69) is 26.1 Å². The summed E-state index contributed by atoms with van der Waals surface area (Å²) >= 11 is 3.53. The van der Waals surface area contributed by atoms with Crippen molar-refractivity contribution in [3.05, 3.63) is 28.3 Å². The molecular weight excluding hydrogens is 284 g/mol. The molecule has 0 amide bonds. The van der Waals surface area contributed by atoms with Crippen LogP contribution in [0.3, 0.4) is 0 Å². The largest absolute Gasteiger partial charge is 0.381 e. The first kappa shape index (κ1) is 11.0. The molecule has 5 nitrogen and oxygen atoms in total. The lowest BCUT2D eigenvalue weighted by atomic mass is 10.1. The Morgan fingerprint density at radius 3 is 2.94 bits per heavy atom. The number of hydrogen-bond donors (Lipinski definition) is 0. The van der Waals surface area contributed by atoms with Gasteiger partial charge in [0.05, 0.1) is 31.3 Å². The van der Waals surface area contributed by atoms with Crippen molar-refractivity contribution in [2.45, 2.75) is 12.8 Å². The second kappa shape index (κ2) is 4.27. The first-order valence-electron chi connectivity index (χ1n) is 5.59. The smallest absolute Gasteiger partial charge is 0.132 e. The zero-order valence-electron chi connectivity index (χ0n) is 9.56. The van der Waals surface area contributed by atoms with E-state index in [1.165, 1.54) is 11.3 Å². The molecule has 0 spiro atoms. The SMILES string of the molecule is Cn1cc(-n2nc(Br)c3c2CCOCC3)cn1. The van der Waals surface area contributed by atoms with E-state index in [4.69, 9.17) is 4.74 Å². The topological polar surface area (TPSA) is 44.9 Å². The van der Waals surface area contributed by atoms with Crippen molar-refractivity contribution in [2.24, 2.45) is 7.05 Å². The molecule has 3 heterocycles. The lowest BCUT2D eigenvalue weighted by Gasteiger charge is -2.03. The highest BCUT2D eigenvalue weighted by Gasteiger charge is 2.19. The third-order valence-electron chi connectivity index (χ3n) is 2.96. The Bertz CT molecular complexity index is 546. The molecule has 0 N–H and O–H groups in total. The van der Waals surface area contributed by atoms with Crippen molar-refractivity contribution < 1.29 is 4.74 Å². The molecule has 0 unspecified atom stereocenters. The minimum absolute atomic E-state index is 0.755. The van der Waals surface area contributed by atoms with Crippen LogP contribution in [0.2, 0.25) is 0 Å². The highest BCUT2D eigenvalue weighted by Crippen LogP contribution is 2.25. The number of fused-ring (bicyclic) bond motifs is 1. The van der Waals surface area contributed by atoms with Gasteiger partial charge in [-0.15, -0.1) is 0 Å². The van der Waals surface area contributed by atoms with Gasteiger partial charge in [0.15, 0.2) is 0 Å². The third kappa shape index (κ3) is 1.91. The van der Waals surface area contributed by atoms with Crippen LogP contribution in [0, 0.1) is 0 Å². The lowest BCUT2D eigenvalue weighted by molar-refractivity contribution is 0.145. The zero-order valence-corrected chi connectivity index (χ0v) is 11.1. The molecule has 0 radical (unpaired) electrons. The van der Waals surface area contributed by atoms with Gasteiger partial charge in [-0.2, -0.15) is 10.2 Å². The Morgan fingerprint density at radius 1 is 1.35 bits per heavy atom. The van der Waals surface area contributed by atoms with Crippen LogP contribution < -0.4 is 0 Å². The molecule has 3 rings (SSSR count). The molecule has 0 fully saturated rings. The Balaban J connectivity index is 2.11. The zero-order chi connectivity index (χ0) is 11.8. The Hall–Kier alpha value is -1.14. The van der Waals surface area contributed by atoms with E-state index < -0.39 is 0 Å². The number of nitrogens with zero attached hydrogens (tertiary/aromatic N) is 4. The maximum atomic E-state index is 5.50. The number of aryl methyl sites for hydroxylation is 1. The fourth-order valence-corrected chi connectivity index (χ4v) is 2.72. The van der Waals surface area contributed by atoms with Crippen molar-refractivity contribution >= 4 is 15.9 Å². The van der Waals surface area contributed by atoms with Gasteiger partial charge in [0, 0.05) is 25.5 Å². The minimum Gasteiger partial charge on any atom is -0.381 e. The first-order chi connectivity index (χ1) is 8.25. The lowest BCUT2D eigenvalue weighted by Crippen LogP contribution is -2.04. The van der Waals surface area contributed by atoms with Gasteiger partial charge in [-0.25, -0.2) is 4.68 Å². The van der Waals surface area contributed by atoms with Gasteiger partial charge in [-0.05, 0) is 15.9 Å². The Labute approximate surface area is 108 Å². The van der Waals surface area contributed by atoms with Gasteiger partial charge in [-0.3, -0.25) is 4.68 Å². The van der Waals surface area contributed by atoms with Crippen LogP contribution in [0.15, 0.2) is 17.0 Å². The fourth-order valence-electron chi connectivity index (χ4n) is 2.14. The highest BCUT2D eigenvalue weighted by atomic mass is 79.9. The Morgan fingerprint density at radius 2 is 2.18 bits per heavy atom. The van der Waals surface area contributed by atoms with E-state index in [0.29, 0.717) is 0 Å². The number of rotatable bonds is 1. The van der Waals surface area contributed by atoms with Crippen LogP contribution >= 0.6 is 15.9 Å². The van der Waals surface area contributed by atoms with Gasteiger partial charge in [0.1, 0.15) is 10.3 Å². The predicted molar refractivity (Wildman–Crippen MR) is 66.3 cm³/mol. The maximum absolute atomic E-state index is 5.50. The van der Waals surface area contributed by atoms with Crippen LogP contribution in [-0.4, -0.2) is 32.8 Å². The third-order valence-corrected chi connectivity index (χ3v) is 3.59. The molecule has 0 saturated heterocycles. The van der Waals surface area contributed by atoms with Gasteiger partial charge in [0.2, 0.25) is 0 Å². The van der Waals surface area contributed by atoms with Crippen LogP contribution in [0.25, 0.3) is 5.69 Å². The first-order valence-corrected chi connectivity index (χ1v) is 6.38. The molecule has 2 aromatic rings. The van der Waals surface area contributed by atoms with Crippen LogP contribution in [-0.2, 0) is 24.6 Å². The molecule has 6 heteroatoms. The number of halogens is 1.